The number of halogens is 1. The van der Waals surface area contributed by atoms with Gasteiger partial charge in [0.05, 0.1) is 0 Å². The normalized spacial score (nSPS) is 10.5. The third-order valence-electron chi connectivity index (χ3n) is 1.74. The lowest BCUT2D eigenvalue weighted by Gasteiger charge is -2.00. The molecule has 0 saturated carbocycles. The number of hydrogen-bond donors (Lipinski definition) is 1. The molecule has 0 aliphatic rings. The van der Waals surface area contributed by atoms with E-state index < -0.39 is 0 Å². The summed E-state index contributed by atoms with van der Waals surface area (Å²) in [5, 5.41) is 7.68. The molecule has 0 aliphatic heterocycles. The summed E-state index contributed by atoms with van der Waals surface area (Å²) >= 11 is 5.29. The number of rotatable bonds is 5. The Labute approximate surface area is 86.3 Å². The SMILES string of the molecule is CCNCCCc1cscc1Br. The molecular formula is C9H14BrNS. The fourth-order valence-corrected chi connectivity index (χ4v) is 2.60. The maximum absolute atomic E-state index is 3.53. The van der Waals surface area contributed by atoms with Crippen LogP contribution >= 0.6 is 27.3 Å². The zero-order valence-corrected chi connectivity index (χ0v) is 9.67. The molecule has 0 amide bonds. The average Bonchev–Trinajstić information content (AvgIpc) is 2.46. The summed E-state index contributed by atoms with van der Waals surface area (Å²) < 4.78 is 1.27. The maximum atomic E-state index is 3.53. The summed E-state index contributed by atoms with van der Waals surface area (Å²) in [4.78, 5) is 0. The van der Waals surface area contributed by atoms with Gasteiger partial charge in [-0.05, 0) is 52.8 Å². The van der Waals surface area contributed by atoms with Crippen LogP contribution < -0.4 is 5.32 Å². The summed E-state index contributed by atoms with van der Waals surface area (Å²) in [7, 11) is 0. The van der Waals surface area contributed by atoms with Gasteiger partial charge in [-0.1, -0.05) is 6.92 Å². The summed E-state index contributed by atoms with van der Waals surface area (Å²) in [6.07, 6.45) is 2.40. The lowest BCUT2D eigenvalue weighted by Crippen LogP contribution is -2.14. The number of hydrogen-bond acceptors (Lipinski definition) is 2. The van der Waals surface area contributed by atoms with Crippen molar-refractivity contribution in [1.29, 1.82) is 0 Å². The standard InChI is InChI=1S/C9H14BrNS/c1-2-11-5-3-4-8-6-12-7-9(8)10/h6-7,11H,2-5H2,1H3. The van der Waals surface area contributed by atoms with Crippen molar-refractivity contribution in [2.75, 3.05) is 13.1 Å². The van der Waals surface area contributed by atoms with Gasteiger partial charge < -0.3 is 5.32 Å². The van der Waals surface area contributed by atoms with Crippen molar-refractivity contribution < 1.29 is 0 Å². The van der Waals surface area contributed by atoms with Crippen LogP contribution in [0.4, 0.5) is 0 Å². The molecule has 0 atom stereocenters. The topological polar surface area (TPSA) is 12.0 Å². The van der Waals surface area contributed by atoms with Crippen LogP contribution in [0.1, 0.15) is 18.9 Å². The van der Waals surface area contributed by atoms with Gasteiger partial charge in [0.1, 0.15) is 0 Å². The Morgan fingerprint density at radius 3 is 2.92 bits per heavy atom. The van der Waals surface area contributed by atoms with Crippen LogP contribution in [0.3, 0.4) is 0 Å². The molecule has 0 fully saturated rings. The van der Waals surface area contributed by atoms with Gasteiger partial charge >= 0.3 is 0 Å². The van der Waals surface area contributed by atoms with Crippen LogP contribution in [-0.4, -0.2) is 13.1 Å². The Balaban J connectivity index is 2.20. The molecule has 0 spiro atoms. The minimum absolute atomic E-state index is 1.07. The Kier molecular flexibility index (Phi) is 4.88. The van der Waals surface area contributed by atoms with E-state index in [1.165, 1.54) is 22.9 Å². The average molecular weight is 248 g/mol. The quantitative estimate of drug-likeness (QED) is 0.790. The molecule has 1 nitrogen and oxygen atoms in total. The van der Waals surface area contributed by atoms with Crippen molar-refractivity contribution in [3.8, 4) is 0 Å². The molecule has 1 N–H and O–H groups in total. The molecule has 0 unspecified atom stereocenters. The van der Waals surface area contributed by atoms with Gasteiger partial charge in [-0.25, -0.2) is 0 Å². The van der Waals surface area contributed by atoms with E-state index in [0.717, 1.165) is 13.1 Å². The highest BCUT2D eigenvalue weighted by Gasteiger charge is 1.98. The van der Waals surface area contributed by atoms with Crippen molar-refractivity contribution in [2.45, 2.75) is 19.8 Å². The van der Waals surface area contributed by atoms with E-state index in [1.807, 2.05) is 0 Å². The third-order valence-corrected chi connectivity index (χ3v) is 3.57. The molecule has 0 saturated heterocycles. The predicted molar refractivity (Wildman–Crippen MR) is 58.9 cm³/mol. The zero-order chi connectivity index (χ0) is 8.81. The van der Waals surface area contributed by atoms with Crippen LogP contribution in [0, 0.1) is 0 Å². The third kappa shape index (κ3) is 3.25. The first kappa shape index (κ1) is 10.2. The first-order valence-corrected chi connectivity index (χ1v) is 5.99. The molecule has 12 heavy (non-hydrogen) atoms. The molecule has 1 aromatic heterocycles. The minimum atomic E-state index is 1.07. The van der Waals surface area contributed by atoms with Crippen molar-refractivity contribution >= 4 is 27.3 Å². The largest absolute Gasteiger partial charge is 0.317 e. The van der Waals surface area contributed by atoms with E-state index in [0.29, 0.717) is 0 Å². The van der Waals surface area contributed by atoms with Gasteiger partial charge in [0.25, 0.3) is 0 Å². The van der Waals surface area contributed by atoms with Crippen molar-refractivity contribution in [1.82, 2.24) is 5.32 Å². The maximum Gasteiger partial charge on any atom is 0.0314 e. The van der Waals surface area contributed by atoms with Gasteiger partial charge in [0.2, 0.25) is 0 Å². The van der Waals surface area contributed by atoms with Crippen LogP contribution in [0.25, 0.3) is 0 Å². The first-order valence-electron chi connectivity index (χ1n) is 4.26. The molecule has 3 heteroatoms. The lowest BCUT2D eigenvalue weighted by atomic mass is 10.2. The Bertz CT molecular complexity index is 222. The summed E-state index contributed by atoms with van der Waals surface area (Å²) in [6.45, 7) is 4.34. The van der Waals surface area contributed by atoms with E-state index in [4.69, 9.17) is 0 Å². The second-order valence-corrected chi connectivity index (χ2v) is 4.30. The van der Waals surface area contributed by atoms with Crippen molar-refractivity contribution in [3.05, 3.63) is 20.8 Å². The summed E-state index contributed by atoms with van der Waals surface area (Å²) in [6, 6.07) is 0. The monoisotopic (exact) mass is 247 g/mol. The Morgan fingerprint density at radius 2 is 2.33 bits per heavy atom. The van der Waals surface area contributed by atoms with Gasteiger partial charge in [0.15, 0.2) is 0 Å². The Morgan fingerprint density at radius 1 is 1.50 bits per heavy atom. The van der Waals surface area contributed by atoms with Crippen LogP contribution in [0.2, 0.25) is 0 Å². The van der Waals surface area contributed by atoms with Gasteiger partial charge in [0, 0.05) is 9.85 Å². The van der Waals surface area contributed by atoms with Gasteiger partial charge in [-0.15, -0.1) is 0 Å². The minimum Gasteiger partial charge on any atom is -0.317 e. The molecule has 0 aliphatic carbocycles. The first-order chi connectivity index (χ1) is 5.84. The molecule has 68 valence electrons. The molecule has 1 aromatic rings. The summed E-state index contributed by atoms with van der Waals surface area (Å²) in [5.74, 6) is 0. The predicted octanol–water partition coefficient (Wildman–Crippen LogP) is 3.05. The van der Waals surface area contributed by atoms with E-state index >= 15 is 0 Å². The molecule has 1 rings (SSSR count). The van der Waals surface area contributed by atoms with E-state index in [2.05, 4.69) is 38.9 Å². The second kappa shape index (κ2) is 5.73. The van der Waals surface area contributed by atoms with Crippen LogP contribution in [0.15, 0.2) is 15.2 Å². The van der Waals surface area contributed by atoms with E-state index in [1.54, 1.807) is 11.3 Å². The van der Waals surface area contributed by atoms with E-state index in [-0.39, 0.29) is 0 Å². The number of aryl methyl sites for hydroxylation is 1. The van der Waals surface area contributed by atoms with Gasteiger partial charge in [-0.2, -0.15) is 11.3 Å². The van der Waals surface area contributed by atoms with E-state index in [9.17, 15) is 0 Å². The summed E-state index contributed by atoms with van der Waals surface area (Å²) in [5.41, 5.74) is 1.44. The van der Waals surface area contributed by atoms with Crippen LogP contribution in [-0.2, 0) is 6.42 Å². The number of thiophene rings is 1. The second-order valence-electron chi connectivity index (χ2n) is 2.70. The Hall–Kier alpha value is 0.140. The highest BCUT2D eigenvalue weighted by atomic mass is 79.9. The van der Waals surface area contributed by atoms with Crippen LogP contribution in [0.5, 0.6) is 0 Å². The molecule has 0 bridgehead atoms. The zero-order valence-electron chi connectivity index (χ0n) is 7.27. The fourth-order valence-electron chi connectivity index (χ4n) is 1.07. The molecule has 0 aromatic carbocycles. The number of nitrogens with one attached hydrogen (secondary N) is 1. The van der Waals surface area contributed by atoms with Crippen molar-refractivity contribution in [2.24, 2.45) is 0 Å². The molecule has 1 heterocycles. The molecule has 0 radical (unpaired) electrons. The van der Waals surface area contributed by atoms with Gasteiger partial charge in [-0.3, -0.25) is 0 Å². The fraction of sp³-hybridized carbons (Fsp3) is 0.556. The molecular weight excluding hydrogens is 234 g/mol. The smallest absolute Gasteiger partial charge is 0.0314 e. The highest BCUT2D eigenvalue weighted by molar-refractivity contribution is 9.10. The lowest BCUT2D eigenvalue weighted by molar-refractivity contribution is 0.672. The van der Waals surface area contributed by atoms with Crippen molar-refractivity contribution in [3.63, 3.8) is 0 Å². The highest BCUT2D eigenvalue weighted by Crippen LogP contribution is 2.22.